The van der Waals surface area contributed by atoms with E-state index in [0.717, 1.165) is 24.7 Å². The molecule has 5 nitrogen and oxygen atoms in total. The zero-order chi connectivity index (χ0) is 17.3. The van der Waals surface area contributed by atoms with Crippen LogP contribution in [0.4, 0.5) is 4.39 Å². The van der Waals surface area contributed by atoms with Gasteiger partial charge in [0.1, 0.15) is 5.82 Å². The molecule has 1 aromatic rings. The Morgan fingerprint density at radius 1 is 1.22 bits per heavy atom. The molecule has 0 fully saturated rings. The maximum absolute atomic E-state index is 12.9. The SMILES string of the molecule is CCCCC(=O)NCCN(CCc1ccc(F)cc1)S(C)(=O)=O. The number of unbranched alkanes of at least 4 members (excludes halogenated alkanes) is 1. The van der Waals surface area contributed by atoms with Crippen molar-refractivity contribution in [3.8, 4) is 0 Å². The molecule has 0 heterocycles. The molecule has 1 amide bonds. The molecule has 7 heteroatoms. The van der Waals surface area contributed by atoms with Crippen molar-refractivity contribution < 1.29 is 17.6 Å². The quantitative estimate of drug-likeness (QED) is 0.705. The molecule has 0 radical (unpaired) electrons. The van der Waals surface area contributed by atoms with Crippen molar-refractivity contribution in [3.05, 3.63) is 35.6 Å². The van der Waals surface area contributed by atoms with Crippen molar-refractivity contribution in [1.29, 1.82) is 0 Å². The van der Waals surface area contributed by atoms with Crippen LogP contribution < -0.4 is 5.32 Å². The first-order chi connectivity index (χ1) is 10.8. The van der Waals surface area contributed by atoms with Crippen molar-refractivity contribution >= 4 is 15.9 Å². The Hall–Kier alpha value is -1.47. The highest BCUT2D eigenvalue weighted by Gasteiger charge is 2.16. The first-order valence-corrected chi connectivity index (χ1v) is 9.64. The Balaban J connectivity index is 2.47. The summed E-state index contributed by atoms with van der Waals surface area (Å²) in [5, 5.41) is 2.73. The van der Waals surface area contributed by atoms with Crippen LogP contribution in [0.25, 0.3) is 0 Å². The monoisotopic (exact) mass is 344 g/mol. The Morgan fingerprint density at radius 3 is 2.43 bits per heavy atom. The third kappa shape index (κ3) is 8.08. The van der Waals surface area contributed by atoms with Crippen molar-refractivity contribution in [2.24, 2.45) is 0 Å². The maximum Gasteiger partial charge on any atom is 0.220 e. The Kier molecular flexibility index (Phi) is 8.19. The lowest BCUT2D eigenvalue weighted by molar-refractivity contribution is -0.121. The normalized spacial score (nSPS) is 11.7. The molecule has 0 atom stereocenters. The van der Waals surface area contributed by atoms with Crippen molar-refractivity contribution in [2.75, 3.05) is 25.9 Å². The Morgan fingerprint density at radius 2 is 1.87 bits per heavy atom. The van der Waals surface area contributed by atoms with Gasteiger partial charge < -0.3 is 5.32 Å². The minimum atomic E-state index is -3.35. The number of hydrogen-bond acceptors (Lipinski definition) is 3. The van der Waals surface area contributed by atoms with Gasteiger partial charge in [0.2, 0.25) is 15.9 Å². The molecule has 23 heavy (non-hydrogen) atoms. The number of carbonyl (C=O) groups is 1. The van der Waals surface area contributed by atoms with Crippen molar-refractivity contribution in [2.45, 2.75) is 32.6 Å². The molecule has 0 bridgehead atoms. The lowest BCUT2D eigenvalue weighted by Crippen LogP contribution is -2.39. The van der Waals surface area contributed by atoms with Crippen LogP contribution >= 0.6 is 0 Å². The summed E-state index contributed by atoms with van der Waals surface area (Å²) < 4.78 is 37.8. The zero-order valence-electron chi connectivity index (χ0n) is 13.7. The molecule has 0 aliphatic rings. The number of benzene rings is 1. The van der Waals surface area contributed by atoms with Crippen LogP contribution in [-0.4, -0.2) is 44.5 Å². The van der Waals surface area contributed by atoms with Gasteiger partial charge in [-0.15, -0.1) is 0 Å². The van der Waals surface area contributed by atoms with E-state index in [2.05, 4.69) is 5.32 Å². The second kappa shape index (κ2) is 9.62. The third-order valence-electron chi connectivity index (χ3n) is 3.47. The molecule has 1 rings (SSSR count). The van der Waals surface area contributed by atoms with E-state index in [-0.39, 0.29) is 18.3 Å². The highest BCUT2D eigenvalue weighted by Crippen LogP contribution is 2.06. The van der Waals surface area contributed by atoms with Crippen molar-refractivity contribution in [3.63, 3.8) is 0 Å². The molecule has 1 aromatic carbocycles. The van der Waals surface area contributed by atoms with Gasteiger partial charge in [-0.25, -0.2) is 17.1 Å². The van der Waals surface area contributed by atoms with E-state index in [0.29, 0.717) is 25.9 Å². The van der Waals surface area contributed by atoms with Crippen LogP contribution in [-0.2, 0) is 21.2 Å². The maximum atomic E-state index is 12.9. The fourth-order valence-electron chi connectivity index (χ4n) is 2.09. The number of amides is 1. The standard InChI is InChI=1S/C16H25FN2O3S/c1-3-4-5-16(20)18-11-13-19(23(2,21)22)12-10-14-6-8-15(17)9-7-14/h6-9H,3-5,10-13H2,1-2H3,(H,18,20). The van der Waals surface area contributed by atoms with Gasteiger partial charge in [0.05, 0.1) is 6.26 Å². The zero-order valence-corrected chi connectivity index (χ0v) is 14.5. The summed E-state index contributed by atoms with van der Waals surface area (Å²) in [4.78, 5) is 11.5. The number of nitrogens with zero attached hydrogens (tertiary/aromatic N) is 1. The summed E-state index contributed by atoms with van der Waals surface area (Å²) in [6, 6.07) is 5.99. The minimum absolute atomic E-state index is 0.0566. The first kappa shape index (κ1) is 19.6. The van der Waals surface area contributed by atoms with E-state index in [1.54, 1.807) is 12.1 Å². The Labute approximate surface area is 137 Å². The second-order valence-electron chi connectivity index (χ2n) is 5.49. The molecular weight excluding hydrogens is 319 g/mol. The summed E-state index contributed by atoms with van der Waals surface area (Å²) in [6.45, 7) is 2.83. The largest absolute Gasteiger partial charge is 0.355 e. The summed E-state index contributed by atoms with van der Waals surface area (Å²) >= 11 is 0. The molecule has 0 saturated heterocycles. The Bertz CT molecular complexity index is 588. The topological polar surface area (TPSA) is 66.5 Å². The van der Waals surface area contributed by atoms with E-state index < -0.39 is 10.0 Å². The number of nitrogens with one attached hydrogen (secondary N) is 1. The van der Waals surface area contributed by atoms with E-state index in [1.807, 2.05) is 6.92 Å². The van der Waals surface area contributed by atoms with E-state index in [4.69, 9.17) is 0 Å². The summed E-state index contributed by atoms with van der Waals surface area (Å²) in [6.07, 6.45) is 3.88. The average Bonchev–Trinajstić information content (AvgIpc) is 2.49. The van der Waals surface area contributed by atoms with Gasteiger partial charge in [-0.05, 0) is 30.5 Å². The number of sulfonamides is 1. The minimum Gasteiger partial charge on any atom is -0.355 e. The number of carbonyl (C=O) groups excluding carboxylic acids is 1. The number of hydrogen-bond donors (Lipinski definition) is 1. The van der Waals surface area contributed by atoms with Gasteiger partial charge in [-0.3, -0.25) is 4.79 Å². The molecule has 0 unspecified atom stereocenters. The van der Waals surface area contributed by atoms with Crippen LogP contribution in [0, 0.1) is 5.82 Å². The number of rotatable bonds is 10. The van der Waals surface area contributed by atoms with Crippen LogP contribution in [0.5, 0.6) is 0 Å². The van der Waals surface area contributed by atoms with Gasteiger partial charge in [0.15, 0.2) is 0 Å². The molecule has 130 valence electrons. The van der Waals surface area contributed by atoms with Crippen LogP contribution in [0.3, 0.4) is 0 Å². The van der Waals surface area contributed by atoms with Gasteiger partial charge >= 0.3 is 0 Å². The van der Waals surface area contributed by atoms with E-state index >= 15 is 0 Å². The summed E-state index contributed by atoms with van der Waals surface area (Å²) in [7, 11) is -3.35. The fourth-order valence-corrected chi connectivity index (χ4v) is 2.94. The average molecular weight is 344 g/mol. The second-order valence-corrected chi connectivity index (χ2v) is 7.47. The molecular formula is C16H25FN2O3S. The van der Waals surface area contributed by atoms with E-state index in [9.17, 15) is 17.6 Å². The van der Waals surface area contributed by atoms with Gasteiger partial charge in [0, 0.05) is 26.1 Å². The van der Waals surface area contributed by atoms with Crippen LogP contribution in [0.1, 0.15) is 31.7 Å². The highest BCUT2D eigenvalue weighted by atomic mass is 32.2. The lowest BCUT2D eigenvalue weighted by Gasteiger charge is -2.20. The van der Waals surface area contributed by atoms with E-state index in [1.165, 1.54) is 16.4 Å². The van der Waals surface area contributed by atoms with Gasteiger partial charge in [-0.1, -0.05) is 25.5 Å². The smallest absolute Gasteiger partial charge is 0.220 e. The molecule has 0 saturated carbocycles. The van der Waals surface area contributed by atoms with Crippen LogP contribution in [0.15, 0.2) is 24.3 Å². The highest BCUT2D eigenvalue weighted by molar-refractivity contribution is 7.88. The molecule has 0 aliphatic heterocycles. The van der Waals surface area contributed by atoms with Gasteiger partial charge in [-0.2, -0.15) is 0 Å². The summed E-state index contributed by atoms with van der Waals surface area (Å²) in [5.74, 6) is -0.373. The molecule has 0 spiro atoms. The van der Waals surface area contributed by atoms with Gasteiger partial charge in [0.25, 0.3) is 0 Å². The fraction of sp³-hybridized carbons (Fsp3) is 0.562. The molecule has 0 aromatic heterocycles. The molecule has 1 N–H and O–H groups in total. The predicted molar refractivity (Wildman–Crippen MR) is 89.1 cm³/mol. The first-order valence-electron chi connectivity index (χ1n) is 7.79. The lowest BCUT2D eigenvalue weighted by atomic mass is 10.1. The third-order valence-corrected chi connectivity index (χ3v) is 4.78. The van der Waals surface area contributed by atoms with Crippen molar-refractivity contribution in [1.82, 2.24) is 9.62 Å². The molecule has 0 aliphatic carbocycles. The predicted octanol–water partition coefficient (Wildman–Crippen LogP) is 1.94. The van der Waals surface area contributed by atoms with Crippen LogP contribution in [0.2, 0.25) is 0 Å². The summed E-state index contributed by atoms with van der Waals surface area (Å²) in [5.41, 5.74) is 0.868. The number of halogens is 1.